The normalized spacial score (nSPS) is 16.2. The summed E-state index contributed by atoms with van der Waals surface area (Å²) in [4.78, 5) is 12.7. The van der Waals surface area contributed by atoms with E-state index >= 15 is 0 Å². The fraction of sp³-hybridized carbons (Fsp3) is 0.409. The van der Waals surface area contributed by atoms with Gasteiger partial charge in [-0.05, 0) is 49.6 Å². The van der Waals surface area contributed by atoms with Gasteiger partial charge in [0.25, 0.3) is 5.91 Å². The summed E-state index contributed by atoms with van der Waals surface area (Å²) in [6, 6.07) is 16.9. The monoisotopic (exact) mass is 416 g/mol. The van der Waals surface area contributed by atoms with Crippen LogP contribution in [-0.2, 0) is 20.2 Å². The summed E-state index contributed by atoms with van der Waals surface area (Å²) in [5.41, 5.74) is 2.12. The fourth-order valence-corrected chi connectivity index (χ4v) is 4.48. The van der Waals surface area contributed by atoms with Crippen molar-refractivity contribution in [2.45, 2.75) is 25.2 Å². The molecule has 0 aliphatic carbocycles. The van der Waals surface area contributed by atoms with Crippen LogP contribution in [0.4, 0.5) is 5.69 Å². The van der Waals surface area contributed by atoms with E-state index in [1.807, 2.05) is 18.2 Å². The van der Waals surface area contributed by atoms with Crippen molar-refractivity contribution in [2.24, 2.45) is 0 Å². The summed E-state index contributed by atoms with van der Waals surface area (Å²) in [6.45, 7) is 3.49. The zero-order valence-corrected chi connectivity index (χ0v) is 17.7. The Balaban J connectivity index is 1.71. The molecule has 1 saturated heterocycles. The van der Waals surface area contributed by atoms with Gasteiger partial charge in [-0.3, -0.25) is 9.10 Å². The summed E-state index contributed by atoms with van der Waals surface area (Å²) in [6.07, 6.45) is 1.71. The van der Waals surface area contributed by atoms with E-state index in [1.165, 1.54) is 16.9 Å². The van der Waals surface area contributed by atoms with Crippen LogP contribution in [0, 0.1) is 0 Å². The third-order valence-corrected chi connectivity index (χ3v) is 7.47. The summed E-state index contributed by atoms with van der Waals surface area (Å²) < 4.78 is 30.8. The second-order valence-corrected chi connectivity index (χ2v) is 9.65. The predicted octanol–water partition coefficient (Wildman–Crippen LogP) is 2.95. The number of rotatable bonds is 7. The van der Waals surface area contributed by atoms with Gasteiger partial charge in [-0.2, -0.15) is 0 Å². The van der Waals surface area contributed by atoms with E-state index in [0.29, 0.717) is 31.0 Å². The van der Waals surface area contributed by atoms with E-state index in [4.69, 9.17) is 4.74 Å². The summed E-state index contributed by atoms with van der Waals surface area (Å²) in [5.74, 6) is -0.142. The number of benzene rings is 2. The first-order chi connectivity index (χ1) is 13.9. The molecule has 0 saturated carbocycles. The fourth-order valence-electron chi connectivity index (χ4n) is 3.65. The average Bonchev–Trinajstić information content (AvgIpc) is 2.78. The zero-order chi connectivity index (χ0) is 20.9. The number of hydrogen-bond acceptors (Lipinski definition) is 4. The summed E-state index contributed by atoms with van der Waals surface area (Å²) >= 11 is 0. The molecule has 2 aromatic rings. The standard InChI is InChI=1S/C22H28N2O4S/c1-3-29(26,27)24(2)20-11-9-18(10-12-20)21(25)23-17-22(13-15-28-16-14-22)19-7-5-4-6-8-19/h4-12H,3,13-17H2,1-2H3,(H,23,25). The molecule has 1 N–H and O–H groups in total. The van der Waals surface area contributed by atoms with Gasteiger partial charge < -0.3 is 10.1 Å². The maximum atomic E-state index is 12.7. The van der Waals surface area contributed by atoms with Crippen molar-refractivity contribution in [3.8, 4) is 0 Å². The Morgan fingerprint density at radius 2 is 1.69 bits per heavy atom. The minimum atomic E-state index is -3.33. The lowest BCUT2D eigenvalue weighted by Gasteiger charge is -2.38. The van der Waals surface area contributed by atoms with E-state index in [1.54, 1.807) is 31.2 Å². The molecule has 3 rings (SSSR count). The first kappa shape index (κ1) is 21.3. The number of carbonyl (C=O) groups excluding carboxylic acids is 1. The third kappa shape index (κ3) is 4.79. The van der Waals surface area contributed by atoms with Gasteiger partial charge in [-0.25, -0.2) is 8.42 Å². The molecule has 0 unspecified atom stereocenters. The van der Waals surface area contributed by atoms with Crippen LogP contribution in [0.25, 0.3) is 0 Å². The molecule has 0 spiro atoms. The number of amides is 1. The minimum Gasteiger partial charge on any atom is -0.381 e. The molecule has 7 heteroatoms. The van der Waals surface area contributed by atoms with Gasteiger partial charge in [-0.1, -0.05) is 30.3 Å². The van der Waals surface area contributed by atoms with Gasteiger partial charge >= 0.3 is 0 Å². The lowest BCUT2D eigenvalue weighted by Crippen LogP contribution is -2.44. The van der Waals surface area contributed by atoms with E-state index in [-0.39, 0.29) is 17.1 Å². The topological polar surface area (TPSA) is 75.7 Å². The highest BCUT2D eigenvalue weighted by Crippen LogP contribution is 2.34. The van der Waals surface area contributed by atoms with Crippen molar-refractivity contribution < 1.29 is 17.9 Å². The molecule has 2 aromatic carbocycles. The Morgan fingerprint density at radius 1 is 1.07 bits per heavy atom. The van der Waals surface area contributed by atoms with Crippen LogP contribution in [0.15, 0.2) is 54.6 Å². The predicted molar refractivity (Wildman–Crippen MR) is 115 cm³/mol. The Bertz CT molecular complexity index is 921. The lowest BCUT2D eigenvalue weighted by atomic mass is 9.74. The van der Waals surface area contributed by atoms with Crippen LogP contribution in [0.1, 0.15) is 35.7 Å². The molecule has 0 radical (unpaired) electrons. The van der Waals surface area contributed by atoms with Crippen LogP contribution < -0.4 is 9.62 Å². The first-order valence-corrected chi connectivity index (χ1v) is 11.5. The highest BCUT2D eigenvalue weighted by molar-refractivity contribution is 7.92. The molecule has 0 aromatic heterocycles. The quantitative estimate of drug-likeness (QED) is 0.753. The first-order valence-electron chi connectivity index (χ1n) is 9.86. The second-order valence-electron chi connectivity index (χ2n) is 7.36. The van der Waals surface area contributed by atoms with E-state index < -0.39 is 10.0 Å². The summed E-state index contributed by atoms with van der Waals surface area (Å²) in [7, 11) is -1.81. The minimum absolute atomic E-state index is 0.0248. The van der Waals surface area contributed by atoms with E-state index in [2.05, 4.69) is 17.4 Å². The molecule has 1 aliphatic rings. The third-order valence-electron chi connectivity index (χ3n) is 5.70. The molecule has 29 heavy (non-hydrogen) atoms. The number of ether oxygens (including phenoxy) is 1. The largest absolute Gasteiger partial charge is 0.381 e. The zero-order valence-electron chi connectivity index (χ0n) is 16.9. The molecule has 1 aliphatic heterocycles. The lowest BCUT2D eigenvalue weighted by molar-refractivity contribution is 0.0487. The maximum absolute atomic E-state index is 12.7. The average molecular weight is 417 g/mol. The second kappa shape index (κ2) is 8.97. The molecular formula is C22H28N2O4S. The van der Waals surface area contributed by atoms with Crippen LogP contribution >= 0.6 is 0 Å². The van der Waals surface area contributed by atoms with E-state index in [0.717, 1.165) is 12.8 Å². The highest BCUT2D eigenvalue weighted by Gasteiger charge is 2.34. The van der Waals surface area contributed by atoms with Crippen molar-refractivity contribution in [1.82, 2.24) is 5.32 Å². The van der Waals surface area contributed by atoms with Gasteiger partial charge in [-0.15, -0.1) is 0 Å². The van der Waals surface area contributed by atoms with Crippen molar-refractivity contribution >= 4 is 21.6 Å². The maximum Gasteiger partial charge on any atom is 0.251 e. The van der Waals surface area contributed by atoms with Gasteiger partial charge in [0.2, 0.25) is 10.0 Å². The smallest absolute Gasteiger partial charge is 0.251 e. The van der Waals surface area contributed by atoms with Gasteiger partial charge in [0.1, 0.15) is 0 Å². The van der Waals surface area contributed by atoms with Crippen LogP contribution in [-0.4, -0.2) is 46.9 Å². The van der Waals surface area contributed by atoms with Crippen molar-refractivity contribution in [3.63, 3.8) is 0 Å². The number of nitrogens with one attached hydrogen (secondary N) is 1. The molecule has 1 amide bonds. The SMILES string of the molecule is CCS(=O)(=O)N(C)c1ccc(C(=O)NCC2(c3ccccc3)CCOCC2)cc1. The number of anilines is 1. The number of nitrogens with zero attached hydrogens (tertiary/aromatic N) is 1. The Kier molecular flexibility index (Phi) is 6.59. The molecule has 1 heterocycles. The Hall–Kier alpha value is -2.38. The number of carbonyl (C=O) groups is 1. The van der Waals surface area contributed by atoms with Crippen LogP contribution in [0.3, 0.4) is 0 Å². The molecule has 0 bridgehead atoms. The number of sulfonamides is 1. The number of hydrogen-bond donors (Lipinski definition) is 1. The van der Waals surface area contributed by atoms with Crippen molar-refractivity contribution in [3.05, 3.63) is 65.7 Å². The highest BCUT2D eigenvalue weighted by atomic mass is 32.2. The van der Waals surface area contributed by atoms with Crippen molar-refractivity contribution in [1.29, 1.82) is 0 Å². The Morgan fingerprint density at radius 3 is 2.28 bits per heavy atom. The molecule has 6 nitrogen and oxygen atoms in total. The van der Waals surface area contributed by atoms with Crippen molar-refractivity contribution in [2.75, 3.05) is 36.9 Å². The molecular weight excluding hydrogens is 388 g/mol. The van der Waals surface area contributed by atoms with Gasteiger partial charge in [0, 0.05) is 37.8 Å². The molecule has 156 valence electrons. The van der Waals surface area contributed by atoms with Gasteiger partial charge in [0.15, 0.2) is 0 Å². The van der Waals surface area contributed by atoms with Crippen LogP contribution in [0.5, 0.6) is 0 Å². The molecule has 0 atom stereocenters. The Labute approximate surface area is 172 Å². The molecule has 1 fully saturated rings. The summed E-state index contributed by atoms with van der Waals surface area (Å²) in [5, 5.41) is 3.07. The van der Waals surface area contributed by atoms with E-state index in [9.17, 15) is 13.2 Å². The van der Waals surface area contributed by atoms with Crippen LogP contribution in [0.2, 0.25) is 0 Å². The van der Waals surface area contributed by atoms with Gasteiger partial charge in [0.05, 0.1) is 11.4 Å².